The summed E-state index contributed by atoms with van der Waals surface area (Å²) in [6.45, 7) is 6.45. The van der Waals surface area contributed by atoms with Crippen molar-refractivity contribution in [2.24, 2.45) is 0 Å². The number of benzene rings is 1. The van der Waals surface area contributed by atoms with Gasteiger partial charge in [-0.1, -0.05) is 44.9 Å². The van der Waals surface area contributed by atoms with Gasteiger partial charge in [-0.05, 0) is 49.1 Å². The van der Waals surface area contributed by atoms with E-state index in [9.17, 15) is 14.4 Å². The van der Waals surface area contributed by atoms with Crippen LogP contribution >= 0.6 is 11.8 Å². The van der Waals surface area contributed by atoms with Gasteiger partial charge in [-0.15, -0.1) is 0 Å². The summed E-state index contributed by atoms with van der Waals surface area (Å²) in [5.74, 6) is -0.0837. The largest absolute Gasteiger partial charge is 0.341 e. The van der Waals surface area contributed by atoms with Gasteiger partial charge in [-0.2, -0.15) is 0 Å². The van der Waals surface area contributed by atoms with Crippen molar-refractivity contribution < 1.29 is 14.4 Å². The van der Waals surface area contributed by atoms with E-state index in [2.05, 4.69) is 13.0 Å². The number of rotatable bonds is 6. The smallest absolute Gasteiger partial charge is 0.293 e. The third-order valence-corrected chi connectivity index (χ3v) is 7.17. The molecular formula is C25H31N3O3S. The summed E-state index contributed by atoms with van der Waals surface area (Å²) in [6.07, 6.45) is 9.88. The van der Waals surface area contributed by atoms with Gasteiger partial charge in [0.2, 0.25) is 5.91 Å². The number of hydrogen-bond acceptors (Lipinski definition) is 4. The first kappa shape index (κ1) is 22.6. The summed E-state index contributed by atoms with van der Waals surface area (Å²) >= 11 is 0.997. The Bertz CT molecular complexity index is 1060. The number of likely N-dealkylation sites (tertiary alicyclic amines) is 1. The van der Waals surface area contributed by atoms with Crippen LogP contribution in [0, 0.1) is 0 Å². The molecule has 6 nitrogen and oxygen atoms in total. The number of carbonyl (C=O) groups excluding carboxylic acids is 3. The summed E-state index contributed by atoms with van der Waals surface area (Å²) < 4.78 is 2.03. The zero-order valence-electron chi connectivity index (χ0n) is 18.9. The van der Waals surface area contributed by atoms with E-state index in [0.717, 1.165) is 67.0 Å². The van der Waals surface area contributed by atoms with E-state index in [4.69, 9.17) is 0 Å². The number of aryl methyl sites for hydroxylation is 1. The number of carbonyl (C=O) groups is 3. The number of para-hydroxylation sites is 1. The lowest BCUT2D eigenvalue weighted by atomic mass is 10.1. The van der Waals surface area contributed by atoms with E-state index in [1.807, 2.05) is 40.8 Å². The van der Waals surface area contributed by atoms with Gasteiger partial charge in [0.25, 0.3) is 11.1 Å². The predicted octanol–water partition coefficient (Wildman–Crippen LogP) is 5.05. The van der Waals surface area contributed by atoms with Crippen LogP contribution < -0.4 is 0 Å². The van der Waals surface area contributed by atoms with Gasteiger partial charge in [-0.3, -0.25) is 19.3 Å². The molecule has 0 bridgehead atoms. The lowest BCUT2D eigenvalue weighted by molar-refractivity contribution is -0.131. The normalized spacial score (nSPS) is 18.8. The van der Waals surface area contributed by atoms with Crippen molar-refractivity contribution in [1.82, 2.24) is 14.4 Å². The van der Waals surface area contributed by atoms with E-state index >= 15 is 0 Å². The quantitative estimate of drug-likeness (QED) is 0.574. The second-order valence-corrected chi connectivity index (χ2v) is 9.50. The Morgan fingerprint density at radius 2 is 1.84 bits per heavy atom. The molecule has 0 spiro atoms. The Morgan fingerprint density at radius 1 is 1.09 bits per heavy atom. The van der Waals surface area contributed by atoms with Gasteiger partial charge in [0.05, 0.1) is 10.4 Å². The molecule has 2 aromatic rings. The fourth-order valence-electron chi connectivity index (χ4n) is 4.61. The Labute approximate surface area is 193 Å². The summed E-state index contributed by atoms with van der Waals surface area (Å²) in [6, 6.07) is 6.14. The van der Waals surface area contributed by atoms with Crippen LogP contribution in [0.25, 0.3) is 17.0 Å². The molecule has 0 unspecified atom stereocenters. The second-order valence-electron chi connectivity index (χ2n) is 8.51. The number of aromatic nitrogens is 1. The van der Waals surface area contributed by atoms with Crippen molar-refractivity contribution in [2.45, 2.75) is 58.9 Å². The van der Waals surface area contributed by atoms with Crippen LogP contribution in [0.1, 0.15) is 57.1 Å². The first-order valence-corrected chi connectivity index (χ1v) is 12.5. The minimum atomic E-state index is -0.227. The maximum Gasteiger partial charge on any atom is 0.293 e. The lowest BCUT2D eigenvalue weighted by Crippen LogP contribution is -2.34. The maximum absolute atomic E-state index is 13.1. The first-order chi connectivity index (χ1) is 15.5. The van der Waals surface area contributed by atoms with Crippen molar-refractivity contribution in [3.05, 3.63) is 40.4 Å². The van der Waals surface area contributed by atoms with Crippen LogP contribution in [0.4, 0.5) is 4.79 Å². The molecule has 3 heterocycles. The van der Waals surface area contributed by atoms with Crippen molar-refractivity contribution in [2.75, 3.05) is 19.6 Å². The maximum atomic E-state index is 13.1. The summed E-state index contributed by atoms with van der Waals surface area (Å²) in [7, 11) is 0. The molecule has 1 aromatic carbocycles. The molecule has 170 valence electrons. The first-order valence-electron chi connectivity index (χ1n) is 11.7. The lowest BCUT2D eigenvalue weighted by Gasteiger charge is -2.21. The summed E-state index contributed by atoms with van der Waals surface area (Å²) in [5.41, 5.74) is 3.09. The van der Waals surface area contributed by atoms with Crippen molar-refractivity contribution in [3.63, 3.8) is 0 Å². The summed E-state index contributed by atoms with van der Waals surface area (Å²) in [4.78, 5) is 41.9. The minimum absolute atomic E-state index is 0.143. The molecule has 0 radical (unpaired) electrons. The van der Waals surface area contributed by atoms with Gasteiger partial charge >= 0.3 is 0 Å². The number of fused-ring (bicyclic) bond motifs is 1. The zero-order chi connectivity index (χ0) is 22.7. The minimum Gasteiger partial charge on any atom is -0.341 e. The highest BCUT2D eigenvalue weighted by molar-refractivity contribution is 8.18. The highest BCUT2D eigenvalue weighted by atomic mass is 32.2. The van der Waals surface area contributed by atoms with E-state index in [1.165, 1.54) is 23.3 Å². The average molecular weight is 454 g/mol. The van der Waals surface area contributed by atoms with Gasteiger partial charge in [0.15, 0.2) is 0 Å². The fraction of sp³-hybridized carbons (Fsp3) is 0.480. The topological polar surface area (TPSA) is 62.6 Å². The molecule has 3 amide bonds. The molecule has 2 saturated heterocycles. The van der Waals surface area contributed by atoms with E-state index in [0.29, 0.717) is 18.0 Å². The molecule has 1 aromatic heterocycles. The molecule has 2 fully saturated rings. The number of nitrogens with zero attached hydrogens (tertiary/aromatic N) is 3. The van der Waals surface area contributed by atoms with E-state index in [1.54, 1.807) is 0 Å². The molecule has 2 aliphatic rings. The fourth-order valence-corrected chi connectivity index (χ4v) is 5.47. The molecular weight excluding hydrogens is 422 g/mol. The number of amides is 3. The van der Waals surface area contributed by atoms with E-state index in [-0.39, 0.29) is 17.1 Å². The molecule has 0 aliphatic carbocycles. The Kier molecular flexibility index (Phi) is 7.04. The molecule has 7 heteroatoms. The van der Waals surface area contributed by atoms with Gasteiger partial charge < -0.3 is 9.47 Å². The van der Waals surface area contributed by atoms with E-state index < -0.39 is 0 Å². The molecule has 0 N–H and O–H groups in total. The van der Waals surface area contributed by atoms with Crippen molar-refractivity contribution in [3.8, 4) is 0 Å². The number of thioether (sulfide) groups is 1. The van der Waals surface area contributed by atoms with Gasteiger partial charge in [0.1, 0.15) is 6.54 Å². The molecule has 0 atom stereocenters. The molecule has 2 aliphatic heterocycles. The Balaban J connectivity index is 1.70. The predicted molar refractivity (Wildman–Crippen MR) is 129 cm³/mol. The van der Waals surface area contributed by atoms with Crippen LogP contribution in [0.2, 0.25) is 0 Å². The van der Waals surface area contributed by atoms with Crippen molar-refractivity contribution >= 4 is 45.8 Å². The molecule has 0 saturated carbocycles. The van der Waals surface area contributed by atoms with Gasteiger partial charge in [0, 0.05) is 36.8 Å². The molecule has 32 heavy (non-hydrogen) atoms. The third-order valence-electron chi connectivity index (χ3n) is 6.27. The Hall–Kier alpha value is -2.54. The Morgan fingerprint density at radius 3 is 2.53 bits per heavy atom. The third kappa shape index (κ3) is 4.49. The number of imide groups is 1. The summed E-state index contributed by atoms with van der Waals surface area (Å²) in [5, 5.41) is 0.799. The SMILES string of the molecule is CCCN1C(=O)S/C(=C\c2cn(CC(=O)N3CCCCCC3)c3c(CC)cccc23)C1=O. The van der Waals surface area contributed by atoms with Crippen LogP contribution in [0.3, 0.4) is 0 Å². The average Bonchev–Trinajstić information content (AvgIpc) is 3.11. The van der Waals surface area contributed by atoms with Crippen LogP contribution in [0.5, 0.6) is 0 Å². The standard InChI is InChI=1S/C25H31N3O3S/c1-3-12-28-24(30)21(32-25(28)31)15-19-16-27(23-18(4-2)10-9-11-20(19)23)17-22(29)26-13-7-5-6-8-14-26/h9-11,15-16H,3-8,12-14,17H2,1-2H3/b21-15-. The zero-order valence-corrected chi connectivity index (χ0v) is 19.7. The van der Waals surface area contributed by atoms with Gasteiger partial charge in [-0.25, -0.2) is 0 Å². The van der Waals surface area contributed by atoms with Crippen LogP contribution in [-0.2, 0) is 22.6 Å². The van der Waals surface area contributed by atoms with Crippen LogP contribution in [0.15, 0.2) is 29.3 Å². The second kappa shape index (κ2) is 9.94. The monoisotopic (exact) mass is 453 g/mol. The number of hydrogen-bond donors (Lipinski definition) is 0. The van der Waals surface area contributed by atoms with Crippen LogP contribution in [-0.4, -0.2) is 51.1 Å². The highest BCUT2D eigenvalue weighted by Gasteiger charge is 2.34. The van der Waals surface area contributed by atoms with Crippen molar-refractivity contribution in [1.29, 1.82) is 0 Å². The molecule has 4 rings (SSSR count). The highest BCUT2D eigenvalue weighted by Crippen LogP contribution is 2.35.